The minimum Gasteiger partial charge on any atom is -0.495 e. The first-order valence-corrected chi connectivity index (χ1v) is 8.83. The van der Waals surface area contributed by atoms with Crippen LogP contribution in [0.3, 0.4) is 0 Å². The molecule has 0 saturated heterocycles. The highest BCUT2D eigenvalue weighted by atomic mass is 16.5. The monoisotopic (exact) mass is 371 g/mol. The van der Waals surface area contributed by atoms with Crippen LogP contribution < -0.4 is 24.7 Å². The van der Waals surface area contributed by atoms with Gasteiger partial charge in [-0.3, -0.25) is 4.79 Å². The van der Waals surface area contributed by atoms with Gasteiger partial charge in [0.1, 0.15) is 5.75 Å². The van der Waals surface area contributed by atoms with Crippen molar-refractivity contribution in [1.29, 1.82) is 0 Å². The van der Waals surface area contributed by atoms with Crippen LogP contribution in [0.4, 0.5) is 5.69 Å². The molecular weight excluding hydrogens is 346 g/mol. The Morgan fingerprint density at radius 2 is 1.59 bits per heavy atom. The molecule has 1 unspecified atom stereocenters. The summed E-state index contributed by atoms with van der Waals surface area (Å²) in [5, 5.41) is 0. The number of nitrogens with two attached hydrogens (primary N) is 1. The third-order valence-electron chi connectivity index (χ3n) is 5.18. The van der Waals surface area contributed by atoms with Crippen molar-refractivity contribution in [2.45, 2.75) is 19.3 Å². The summed E-state index contributed by atoms with van der Waals surface area (Å²) in [6, 6.07) is 7.32. The summed E-state index contributed by atoms with van der Waals surface area (Å²) in [5.74, 6) is 1.93. The zero-order valence-corrected chi connectivity index (χ0v) is 16.1. The summed E-state index contributed by atoms with van der Waals surface area (Å²) in [4.78, 5) is 13.2. The summed E-state index contributed by atoms with van der Waals surface area (Å²) >= 11 is 0. The molecule has 0 amide bonds. The third kappa shape index (κ3) is 3.27. The van der Waals surface area contributed by atoms with E-state index in [9.17, 15) is 4.79 Å². The number of methoxy groups -OCH3 is 4. The van der Waals surface area contributed by atoms with Gasteiger partial charge in [0.2, 0.25) is 5.75 Å². The van der Waals surface area contributed by atoms with Crippen LogP contribution >= 0.6 is 0 Å². The van der Waals surface area contributed by atoms with Gasteiger partial charge in [-0.05, 0) is 48.6 Å². The largest absolute Gasteiger partial charge is 0.495 e. The molecule has 0 saturated carbocycles. The lowest BCUT2D eigenvalue weighted by atomic mass is 9.79. The Morgan fingerprint density at radius 3 is 2.22 bits per heavy atom. The molecule has 0 aromatic heterocycles. The number of carbonyl (C=O) groups excluding carboxylic acids is 1. The van der Waals surface area contributed by atoms with Crippen molar-refractivity contribution >= 4 is 11.5 Å². The van der Waals surface area contributed by atoms with Crippen molar-refractivity contribution in [3.05, 3.63) is 41.0 Å². The molecule has 6 nitrogen and oxygen atoms in total. The van der Waals surface area contributed by atoms with Crippen LogP contribution in [0.15, 0.2) is 24.3 Å². The quantitative estimate of drug-likeness (QED) is 0.620. The Bertz CT molecular complexity index is 862. The van der Waals surface area contributed by atoms with E-state index in [0.29, 0.717) is 40.7 Å². The molecular formula is C21H25NO5. The second-order valence-electron chi connectivity index (χ2n) is 6.51. The molecule has 1 aliphatic carbocycles. The molecule has 144 valence electrons. The maximum Gasteiger partial charge on any atom is 0.204 e. The van der Waals surface area contributed by atoms with E-state index in [2.05, 4.69) is 0 Å². The van der Waals surface area contributed by atoms with Crippen LogP contribution in [0.2, 0.25) is 0 Å². The highest BCUT2D eigenvalue weighted by Gasteiger charge is 2.30. The first kappa shape index (κ1) is 18.9. The number of anilines is 1. The zero-order valence-electron chi connectivity index (χ0n) is 16.1. The van der Waals surface area contributed by atoms with Gasteiger partial charge in [-0.1, -0.05) is 6.07 Å². The number of hydrogen-bond donors (Lipinski definition) is 1. The van der Waals surface area contributed by atoms with E-state index < -0.39 is 0 Å². The van der Waals surface area contributed by atoms with E-state index in [-0.39, 0.29) is 11.7 Å². The standard InChI is InChI=1S/C21H25NO5/c1-24-16-9-6-12-11-13(5-7-14(12)18(16)22)19(23)15-8-10-17(25-2)21(27-4)20(15)26-3/h6,8-10,13H,5,7,11,22H2,1-4H3. The fourth-order valence-electron chi connectivity index (χ4n) is 3.78. The van der Waals surface area contributed by atoms with Gasteiger partial charge in [-0.25, -0.2) is 0 Å². The fourth-order valence-corrected chi connectivity index (χ4v) is 3.78. The maximum atomic E-state index is 13.2. The van der Waals surface area contributed by atoms with Gasteiger partial charge in [0.05, 0.1) is 39.7 Å². The van der Waals surface area contributed by atoms with E-state index in [0.717, 1.165) is 24.0 Å². The third-order valence-corrected chi connectivity index (χ3v) is 5.18. The predicted octanol–water partition coefficient (Wildman–Crippen LogP) is 3.29. The van der Waals surface area contributed by atoms with Crippen LogP contribution in [0, 0.1) is 5.92 Å². The first-order valence-electron chi connectivity index (χ1n) is 8.83. The number of nitrogen functional groups attached to an aromatic ring is 1. The summed E-state index contributed by atoms with van der Waals surface area (Å²) in [6.07, 6.45) is 2.10. The van der Waals surface area contributed by atoms with Crippen molar-refractivity contribution in [2.75, 3.05) is 34.2 Å². The van der Waals surface area contributed by atoms with E-state index in [4.69, 9.17) is 24.7 Å². The molecule has 6 heteroatoms. The number of ketones is 1. The Hall–Kier alpha value is -2.89. The molecule has 0 aliphatic heterocycles. The SMILES string of the molecule is COc1ccc2c(c1N)CCC(C(=O)c1ccc(OC)c(OC)c1OC)C2. The highest BCUT2D eigenvalue weighted by molar-refractivity contribution is 6.01. The summed E-state index contributed by atoms with van der Waals surface area (Å²) in [7, 11) is 6.21. The highest BCUT2D eigenvalue weighted by Crippen LogP contribution is 2.42. The fraction of sp³-hybridized carbons (Fsp3) is 0.381. The van der Waals surface area contributed by atoms with E-state index in [1.165, 1.54) is 14.2 Å². The van der Waals surface area contributed by atoms with Gasteiger partial charge in [0.15, 0.2) is 17.3 Å². The number of benzene rings is 2. The molecule has 0 spiro atoms. The van der Waals surface area contributed by atoms with Crippen LogP contribution in [-0.2, 0) is 12.8 Å². The van der Waals surface area contributed by atoms with Gasteiger partial charge < -0.3 is 24.7 Å². The molecule has 0 fully saturated rings. The second kappa shape index (κ2) is 7.78. The first-order chi connectivity index (χ1) is 13.0. The lowest BCUT2D eigenvalue weighted by Gasteiger charge is -2.26. The Labute approximate surface area is 159 Å². The number of fused-ring (bicyclic) bond motifs is 1. The van der Waals surface area contributed by atoms with E-state index >= 15 is 0 Å². The van der Waals surface area contributed by atoms with Gasteiger partial charge in [0, 0.05) is 5.92 Å². The Balaban J connectivity index is 1.93. The second-order valence-corrected chi connectivity index (χ2v) is 6.51. The number of carbonyl (C=O) groups is 1. The lowest BCUT2D eigenvalue weighted by Crippen LogP contribution is -2.24. The van der Waals surface area contributed by atoms with Gasteiger partial charge in [0.25, 0.3) is 0 Å². The molecule has 27 heavy (non-hydrogen) atoms. The van der Waals surface area contributed by atoms with E-state index in [1.807, 2.05) is 12.1 Å². The molecule has 2 aromatic carbocycles. The average Bonchev–Trinajstić information content (AvgIpc) is 2.71. The van der Waals surface area contributed by atoms with Gasteiger partial charge in [-0.15, -0.1) is 0 Å². The van der Waals surface area contributed by atoms with Gasteiger partial charge in [-0.2, -0.15) is 0 Å². The van der Waals surface area contributed by atoms with Crippen LogP contribution in [0.1, 0.15) is 27.9 Å². The molecule has 2 aromatic rings. The molecule has 0 heterocycles. The van der Waals surface area contributed by atoms with Crippen LogP contribution in [0.5, 0.6) is 23.0 Å². The molecule has 3 rings (SSSR count). The Morgan fingerprint density at radius 1 is 0.926 bits per heavy atom. The average molecular weight is 371 g/mol. The maximum absolute atomic E-state index is 13.2. The molecule has 2 N–H and O–H groups in total. The number of rotatable bonds is 6. The number of Topliss-reactive ketones (excluding diaryl/α,β-unsaturated/α-hetero) is 1. The molecule has 1 atom stereocenters. The van der Waals surface area contributed by atoms with Crippen LogP contribution in [0.25, 0.3) is 0 Å². The van der Waals surface area contributed by atoms with Crippen molar-refractivity contribution in [3.8, 4) is 23.0 Å². The minimum atomic E-state index is -0.141. The smallest absolute Gasteiger partial charge is 0.204 e. The summed E-state index contributed by atoms with van der Waals surface area (Å²) in [6.45, 7) is 0. The molecule has 0 radical (unpaired) electrons. The minimum absolute atomic E-state index is 0.0350. The van der Waals surface area contributed by atoms with Crippen molar-refractivity contribution in [2.24, 2.45) is 5.92 Å². The lowest BCUT2D eigenvalue weighted by molar-refractivity contribution is 0.0905. The van der Waals surface area contributed by atoms with Crippen molar-refractivity contribution in [1.82, 2.24) is 0 Å². The number of ether oxygens (including phenoxy) is 4. The molecule has 1 aliphatic rings. The van der Waals surface area contributed by atoms with Gasteiger partial charge >= 0.3 is 0 Å². The topological polar surface area (TPSA) is 80.0 Å². The normalized spacial score (nSPS) is 15.6. The van der Waals surface area contributed by atoms with Crippen molar-refractivity contribution in [3.63, 3.8) is 0 Å². The van der Waals surface area contributed by atoms with E-state index in [1.54, 1.807) is 26.4 Å². The predicted molar refractivity (Wildman–Crippen MR) is 103 cm³/mol. The molecule has 0 bridgehead atoms. The van der Waals surface area contributed by atoms with Crippen LogP contribution in [-0.4, -0.2) is 34.2 Å². The summed E-state index contributed by atoms with van der Waals surface area (Å²) < 4.78 is 21.5. The summed E-state index contributed by atoms with van der Waals surface area (Å²) in [5.41, 5.74) is 9.55. The Kier molecular flexibility index (Phi) is 5.44. The van der Waals surface area contributed by atoms with Crippen molar-refractivity contribution < 1.29 is 23.7 Å². The number of hydrogen-bond acceptors (Lipinski definition) is 6. The zero-order chi connectivity index (χ0) is 19.6.